The van der Waals surface area contributed by atoms with Crippen LogP contribution in [0.25, 0.3) is 0 Å². The molecule has 1 aliphatic heterocycles. The Kier molecular flexibility index (Phi) is 6.71. The zero-order chi connectivity index (χ0) is 16.7. The highest BCUT2D eigenvalue weighted by molar-refractivity contribution is 5.78. The maximum absolute atomic E-state index is 12.0. The van der Waals surface area contributed by atoms with Gasteiger partial charge in [-0.05, 0) is 49.4 Å². The highest BCUT2D eigenvalue weighted by Crippen LogP contribution is 2.27. The lowest BCUT2D eigenvalue weighted by Crippen LogP contribution is -2.42. The summed E-state index contributed by atoms with van der Waals surface area (Å²) in [4.78, 5) is 14.3. The minimum Gasteiger partial charge on any atom is -0.493 e. The van der Waals surface area contributed by atoms with E-state index in [2.05, 4.69) is 17.1 Å². The van der Waals surface area contributed by atoms with Crippen molar-refractivity contribution in [1.29, 1.82) is 0 Å². The van der Waals surface area contributed by atoms with Crippen LogP contribution in [0.3, 0.4) is 0 Å². The number of carbonyl (C=O) groups is 1. The van der Waals surface area contributed by atoms with Gasteiger partial charge in [0.2, 0.25) is 5.91 Å². The van der Waals surface area contributed by atoms with Crippen molar-refractivity contribution in [3.8, 4) is 11.5 Å². The van der Waals surface area contributed by atoms with Gasteiger partial charge in [0.15, 0.2) is 11.5 Å². The minimum atomic E-state index is 0.111. The van der Waals surface area contributed by atoms with Crippen LogP contribution in [0.2, 0.25) is 0 Å². The fourth-order valence-corrected chi connectivity index (χ4v) is 3.07. The van der Waals surface area contributed by atoms with Gasteiger partial charge in [-0.2, -0.15) is 0 Å². The van der Waals surface area contributed by atoms with Crippen LogP contribution in [-0.2, 0) is 11.2 Å². The highest BCUT2D eigenvalue weighted by atomic mass is 16.5. The lowest BCUT2D eigenvalue weighted by molar-refractivity contribution is -0.122. The van der Waals surface area contributed by atoms with Crippen LogP contribution in [0.5, 0.6) is 11.5 Å². The third kappa shape index (κ3) is 5.43. The van der Waals surface area contributed by atoms with Crippen LogP contribution in [0.1, 0.15) is 25.3 Å². The Morgan fingerprint density at radius 2 is 2.09 bits per heavy atom. The predicted octanol–water partition coefficient (Wildman–Crippen LogP) is 2.09. The smallest absolute Gasteiger partial charge is 0.234 e. The van der Waals surface area contributed by atoms with E-state index in [9.17, 15) is 4.79 Å². The molecule has 1 fully saturated rings. The molecule has 1 amide bonds. The molecule has 0 unspecified atom stereocenters. The number of nitrogens with one attached hydrogen (secondary N) is 1. The SMILES string of the molecule is COc1ccc(CCNC(=O)CN2CCC[C@H](C)C2)cc1OC. The summed E-state index contributed by atoms with van der Waals surface area (Å²) in [5.74, 6) is 2.25. The summed E-state index contributed by atoms with van der Waals surface area (Å²) >= 11 is 0. The van der Waals surface area contributed by atoms with Gasteiger partial charge in [0.05, 0.1) is 20.8 Å². The largest absolute Gasteiger partial charge is 0.493 e. The van der Waals surface area contributed by atoms with Gasteiger partial charge in [-0.25, -0.2) is 0 Å². The van der Waals surface area contributed by atoms with Gasteiger partial charge < -0.3 is 14.8 Å². The second kappa shape index (κ2) is 8.77. The van der Waals surface area contributed by atoms with Crippen LogP contribution in [0.4, 0.5) is 0 Å². The van der Waals surface area contributed by atoms with Gasteiger partial charge in [0.1, 0.15) is 0 Å². The van der Waals surface area contributed by atoms with Crippen LogP contribution in [0.15, 0.2) is 18.2 Å². The van der Waals surface area contributed by atoms with Crippen LogP contribution in [-0.4, -0.2) is 51.2 Å². The third-order valence-corrected chi connectivity index (χ3v) is 4.29. The normalized spacial score (nSPS) is 18.5. The molecule has 0 aliphatic carbocycles. The van der Waals surface area contributed by atoms with Crippen molar-refractivity contribution in [2.24, 2.45) is 5.92 Å². The Bertz CT molecular complexity index is 519. The first-order valence-electron chi connectivity index (χ1n) is 8.32. The molecule has 0 bridgehead atoms. The summed E-state index contributed by atoms with van der Waals surface area (Å²) in [6, 6.07) is 5.85. The second-order valence-electron chi connectivity index (χ2n) is 6.27. The van der Waals surface area contributed by atoms with Crippen LogP contribution < -0.4 is 14.8 Å². The van der Waals surface area contributed by atoms with Gasteiger partial charge >= 0.3 is 0 Å². The summed E-state index contributed by atoms with van der Waals surface area (Å²) in [7, 11) is 3.25. The van der Waals surface area contributed by atoms with E-state index >= 15 is 0 Å². The molecule has 0 radical (unpaired) electrons. The molecule has 1 saturated heterocycles. The Morgan fingerprint density at radius 1 is 1.30 bits per heavy atom. The highest BCUT2D eigenvalue weighted by Gasteiger charge is 2.18. The van der Waals surface area contributed by atoms with Crippen molar-refractivity contribution in [3.05, 3.63) is 23.8 Å². The Hall–Kier alpha value is -1.75. The Balaban J connectivity index is 1.75. The number of nitrogens with zero attached hydrogens (tertiary/aromatic N) is 1. The van der Waals surface area contributed by atoms with Gasteiger partial charge in [-0.3, -0.25) is 9.69 Å². The molecular formula is C18H28N2O3. The first kappa shape index (κ1) is 17.6. The van der Waals surface area contributed by atoms with E-state index in [-0.39, 0.29) is 5.91 Å². The molecule has 1 N–H and O–H groups in total. The Labute approximate surface area is 139 Å². The number of hydrogen-bond acceptors (Lipinski definition) is 4. The quantitative estimate of drug-likeness (QED) is 0.836. The first-order valence-corrected chi connectivity index (χ1v) is 8.32. The maximum atomic E-state index is 12.0. The summed E-state index contributed by atoms with van der Waals surface area (Å²) in [6.07, 6.45) is 3.25. The molecule has 1 aliphatic rings. The number of ether oxygens (including phenoxy) is 2. The zero-order valence-electron chi connectivity index (χ0n) is 14.4. The molecule has 5 nitrogen and oxygen atoms in total. The lowest BCUT2D eigenvalue weighted by atomic mass is 10.0. The molecule has 2 rings (SSSR count). The number of methoxy groups -OCH3 is 2. The standard InChI is InChI=1S/C18H28N2O3/c1-14-5-4-10-20(12-14)13-18(21)19-9-8-15-6-7-16(22-2)17(11-15)23-3/h6-7,11,14H,4-5,8-10,12-13H2,1-3H3,(H,19,21)/t14-/m0/s1. The molecule has 23 heavy (non-hydrogen) atoms. The fraction of sp³-hybridized carbons (Fsp3) is 0.611. The number of hydrogen-bond donors (Lipinski definition) is 1. The van der Waals surface area contributed by atoms with Gasteiger partial charge in [0.25, 0.3) is 0 Å². The molecule has 1 atom stereocenters. The van der Waals surface area contributed by atoms with Crippen molar-refractivity contribution in [1.82, 2.24) is 10.2 Å². The number of carbonyl (C=O) groups excluding carboxylic acids is 1. The average Bonchev–Trinajstić information content (AvgIpc) is 2.54. The first-order chi connectivity index (χ1) is 11.1. The van der Waals surface area contributed by atoms with Crippen molar-refractivity contribution in [2.45, 2.75) is 26.2 Å². The molecule has 0 saturated carbocycles. The van der Waals surface area contributed by atoms with Crippen molar-refractivity contribution < 1.29 is 14.3 Å². The Morgan fingerprint density at radius 3 is 2.78 bits per heavy atom. The topological polar surface area (TPSA) is 50.8 Å². The van der Waals surface area contributed by atoms with E-state index in [1.54, 1.807) is 14.2 Å². The number of benzene rings is 1. The van der Waals surface area contributed by atoms with Crippen LogP contribution >= 0.6 is 0 Å². The van der Waals surface area contributed by atoms with Crippen molar-refractivity contribution in [2.75, 3.05) is 40.4 Å². The van der Waals surface area contributed by atoms with E-state index in [1.165, 1.54) is 12.8 Å². The van der Waals surface area contributed by atoms with Gasteiger partial charge in [0, 0.05) is 13.1 Å². The number of piperidine rings is 1. The minimum absolute atomic E-state index is 0.111. The summed E-state index contributed by atoms with van der Waals surface area (Å²) in [5.41, 5.74) is 1.12. The molecule has 1 aromatic rings. The summed E-state index contributed by atoms with van der Waals surface area (Å²) < 4.78 is 10.5. The second-order valence-corrected chi connectivity index (χ2v) is 6.27. The molecular weight excluding hydrogens is 292 g/mol. The monoisotopic (exact) mass is 320 g/mol. The lowest BCUT2D eigenvalue weighted by Gasteiger charge is -2.30. The summed E-state index contributed by atoms with van der Waals surface area (Å²) in [6.45, 7) is 5.46. The van der Waals surface area contributed by atoms with E-state index in [0.29, 0.717) is 19.0 Å². The molecule has 0 spiro atoms. The van der Waals surface area contributed by atoms with E-state index in [0.717, 1.165) is 36.6 Å². The molecule has 5 heteroatoms. The van der Waals surface area contributed by atoms with Gasteiger partial charge in [-0.15, -0.1) is 0 Å². The number of amides is 1. The summed E-state index contributed by atoms with van der Waals surface area (Å²) in [5, 5.41) is 3.01. The fourth-order valence-electron chi connectivity index (χ4n) is 3.07. The maximum Gasteiger partial charge on any atom is 0.234 e. The number of rotatable bonds is 7. The van der Waals surface area contributed by atoms with E-state index in [4.69, 9.17) is 9.47 Å². The third-order valence-electron chi connectivity index (χ3n) is 4.29. The molecule has 1 aromatic carbocycles. The van der Waals surface area contributed by atoms with E-state index in [1.807, 2.05) is 18.2 Å². The van der Waals surface area contributed by atoms with Crippen LogP contribution in [0, 0.1) is 5.92 Å². The number of likely N-dealkylation sites (tertiary alicyclic amines) is 1. The van der Waals surface area contributed by atoms with Crippen molar-refractivity contribution in [3.63, 3.8) is 0 Å². The van der Waals surface area contributed by atoms with E-state index < -0.39 is 0 Å². The van der Waals surface area contributed by atoms with Gasteiger partial charge in [-0.1, -0.05) is 13.0 Å². The molecule has 1 heterocycles. The average molecular weight is 320 g/mol. The zero-order valence-corrected chi connectivity index (χ0v) is 14.4. The molecule has 0 aromatic heterocycles. The predicted molar refractivity (Wildman–Crippen MR) is 91.1 cm³/mol. The molecule has 128 valence electrons. The van der Waals surface area contributed by atoms with Crippen molar-refractivity contribution >= 4 is 5.91 Å².